The van der Waals surface area contributed by atoms with Crippen molar-refractivity contribution in [1.82, 2.24) is 14.9 Å². The van der Waals surface area contributed by atoms with Crippen LogP contribution in [0.25, 0.3) is 11.0 Å². The maximum Gasteiger partial charge on any atom is 0.236 e. The van der Waals surface area contributed by atoms with Gasteiger partial charge in [0.1, 0.15) is 11.1 Å². The van der Waals surface area contributed by atoms with E-state index in [1.54, 1.807) is 18.0 Å². The minimum atomic E-state index is -3.54. The maximum atomic E-state index is 12.9. The molecule has 3 aromatic rings. The van der Waals surface area contributed by atoms with E-state index in [0.717, 1.165) is 31.2 Å². The van der Waals surface area contributed by atoms with Crippen LogP contribution < -0.4 is 9.46 Å². The van der Waals surface area contributed by atoms with Crippen LogP contribution in [-0.4, -0.2) is 35.7 Å². The van der Waals surface area contributed by atoms with Gasteiger partial charge in [-0.3, -0.25) is 9.40 Å². The van der Waals surface area contributed by atoms with Gasteiger partial charge < -0.3 is 9.26 Å². The number of aromatic nitrogens is 3. The smallest absolute Gasteiger partial charge is 0.236 e. The Hall–Kier alpha value is -2.55. The van der Waals surface area contributed by atoms with Crippen LogP contribution in [0, 0.1) is 0 Å². The summed E-state index contributed by atoms with van der Waals surface area (Å²) in [6, 6.07) is 5.53. The molecule has 1 saturated carbocycles. The summed E-state index contributed by atoms with van der Waals surface area (Å²) in [4.78, 5) is 0. The average Bonchev–Trinajstić information content (AvgIpc) is 3.22. The molecular weight excluding hydrogens is 380 g/mol. The Balaban J connectivity index is 1.64. The highest BCUT2D eigenvalue weighted by atomic mass is 32.2. The molecule has 1 fully saturated rings. The number of sulfonamides is 1. The number of anilines is 1. The predicted molar refractivity (Wildman–Crippen MR) is 106 cm³/mol. The average molecular weight is 404 g/mol. The van der Waals surface area contributed by atoms with Crippen molar-refractivity contribution < 1.29 is 17.7 Å². The highest BCUT2D eigenvalue weighted by molar-refractivity contribution is 7.93. The van der Waals surface area contributed by atoms with Gasteiger partial charge in [-0.2, -0.15) is 5.10 Å². The molecule has 0 saturated heterocycles. The molecule has 0 amide bonds. The summed E-state index contributed by atoms with van der Waals surface area (Å²) in [6.45, 7) is 0.545. The summed E-state index contributed by atoms with van der Waals surface area (Å²) in [7, 11) is -1.99. The van der Waals surface area contributed by atoms with Gasteiger partial charge in [-0.05, 0) is 36.6 Å². The number of methoxy groups -OCH3 is 1. The van der Waals surface area contributed by atoms with E-state index >= 15 is 0 Å². The van der Waals surface area contributed by atoms with Crippen LogP contribution in [0.5, 0.6) is 5.75 Å². The van der Waals surface area contributed by atoms with Crippen LogP contribution >= 0.6 is 0 Å². The number of hydrogen-bond donors (Lipinski definition) is 1. The van der Waals surface area contributed by atoms with Crippen LogP contribution in [0.3, 0.4) is 0 Å². The second kappa shape index (κ2) is 7.83. The molecule has 0 spiro atoms. The van der Waals surface area contributed by atoms with Crippen molar-refractivity contribution in [3.05, 3.63) is 36.2 Å². The lowest BCUT2D eigenvalue weighted by Gasteiger charge is -2.15. The molecule has 1 aliphatic rings. The molecule has 0 aliphatic heterocycles. The van der Waals surface area contributed by atoms with E-state index in [4.69, 9.17) is 9.26 Å². The van der Waals surface area contributed by atoms with Crippen LogP contribution in [0.2, 0.25) is 0 Å². The normalized spacial score (nSPS) is 16.2. The first kappa shape index (κ1) is 18.8. The number of nitrogens with one attached hydrogen (secondary N) is 1. The third-order valence-electron chi connectivity index (χ3n) is 5.20. The van der Waals surface area contributed by atoms with Gasteiger partial charge >= 0.3 is 0 Å². The molecule has 4 rings (SSSR count). The van der Waals surface area contributed by atoms with Gasteiger partial charge in [-0.1, -0.05) is 30.8 Å². The molecule has 8 nitrogen and oxygen atoms in total. The van der Waals surface area contributed by atoms with Crippen molar-refractivity contribution in [1.29, 1.82) is 0 Å². The molecule has 0 unspecified atom stereocenters. The quantitative estimate of drug-likeness (QED) is 0.631. The number of nitrogens with zero attached hydrogens (tertiary/aromatic N) is 3. The SMILES string of the molecule is COc1cc(Cn2cccn2)cc2onc(NS(=O)(=O)C3CCCCCC3)c12. The molecule has 0 radical (unpaired) electrons. The van der Waals surface area contributed by atoms with E-state index in [9.17, 15) is 8.42 Å². The van der Waals surface area contributed by atoms with Gasteiger partial charge in [0.25, 0.3) is 0 Å². The second-order valence-electron chi connectivity index (χ2n) is 7.17. The lowest BCUT2D eigenvalue weighted by Crippen LogP contribution is -2.27. The van der Waals surface area contributed by atoms with Gasteiger partial charge in [-0.15, -0.1) is 0 Å². The highest BCUT2D eigenvalue weighted by Crippen LogP contribution is 2.35. The van der Waals surface area contributed by atoms with Crippen molar-refractivity contribution >= 4 is 26.8 Å². The summed E-state index contributed by atoms with van der Waals surface area (Å²) < 4.78 is 41.1. The number of ether oxygens (including phenoxy) is 1. The molecule has 2 heterocycles. The summed E-state index contributed by atoms with van der Waals surface area (Å²) in [5, 5.41) is 8.31. The summed E-state index contributed by atoms with van der Waals surface area (Å²) in [5.41, 5.74) is 1.39. The standard InChI is InChI=1S/C19H24N4O4S/c1-26-16-11-14(13-23-10-6-9-20-23)12-17-18(16)19(21-27-17)22-28(24,25)15-7-4-2-3-5-8-15/h6,9-12,15H,2-5,7-8,13H2,1H3,(H,21,22). The Morgan fingerprint density at radius 2 is 2.04 bits per heavy atom. The lowest BCUT2D eigenvalue weighted by atomic mass is 10.1. The van der Waals surface area contributed by atoms with Crippen LogP contribution in [0.4, 0.5) is 5.82 Å². The van der Waals surface area contributed by atoms with Gasteiger partial charge in [0, 0.05) is 12.4 Å². The number of rotatable bonds is 6. The van der Waals surface area contributed by atoms with E-state index < -0.39 is 15.3 Å². The van der Waals surface area contributed by atoms with Crippen LogP contribution in [0.15, 0.2) is 35.1 Å². The van der Waals surface area contributed by atoms with Gasteiger partial charge in [0.2, 0.25) is 10.0 Å². The fourth-order valence-electron chi connectivity index (χ4n) is 3.76. The van der Waals surface area contributed by atoms with Gasteiger partial charge in [0.15, 0.2) is 11.4 Å². The monoisotopic (exact) mass is 404 g/mol. The number of hydrogen-bond acceptors (Lipinski definition) is 6. The highest BCUT2D eigenvalue weighted by Gasteiger charge is 2.28. The van der Waals surface area contributed by atoms with E-state index in [0.29, 0.717) is 36.1 Å². The molecule has 9 heteroatoms. The zero-order valence-corrected chi connectivity index (χ0v) is 16.6. The Labute approximate surface area is 163 Å². The molecule has 150 valence electrons. The Bertz CT molecular complexity index is 1040. The number of benzene rings is 1. The molecule has 1 aromatic carbocycles. The van der Waals surface area contributed by atoms with Crippen LogP contribution in [0.1, 0.15) is 44.1 Å². The Kier molecular flexibility index (Phi) is 5.25. The molecule has 2 aromatic heterocycles. The zero-order chi connectivity index (χ0) is 19.6. The largest absolute Gasteiger partial charge is 0.496 e. The summed E-state index contributed by atoms with van der Waals surface area (Å²) >= 11 is 0. The van der Waals surface area contributed by atoms with E-state index in [2.05, 4.69) is 15.0 Å². The van der Waals surface area contributed by atoms with Crippen LogP contribution in [-0.2, 0) is 16.6 Å². The lowest BCUT2D eigenvalue weighted by molar-refractivity contribution is 0.418. The van der Waals surface area contributed by atoms with E-state index in [1.807, 2.05) is 24.4 Å². The fraction of sp³-hybridized carbons (Fsp3) is 0.474. The molecule has 1 N–H and O–H groups in total. The third-order valence-corrected chi connectivity index (χ3v) is 7.03. The zero-order valence-electron chi connectivity index (χ0n) is 15.8. The minimum Gasteiger partial charge on any atom is -0.496 e. The molecule has 0 atom stereocenters. The minimum absolute atomic E-state index is 0.182. The topological polar surface area (TPSA) is 99.2 Å². The fourth-order valence-corrected chi connectivity index (χ4v) is 5.29. The Morgan fingerprint density at radius 1 is 1.25 bits per heavy atom. The summed E-state index contributed by atoms with van der Waals surface area (Å²) in [6.07, 6.45) is 8.98. The second-order valence-corrected chi connectivity index (χ2v) is 9.13. The maximum absolute atomic E-state index is 12.9. The van der Waals surface area contributed by atoms with Gasteiger partial charge in [-0.25, -0.2) is 8.42 Å². The van der Waals surface area contributed by atoms with Crippen molar-refractivity contribution in [3.8, 4) is 5.75 Å². The third kappa shape index (κ3) is 3.84. The van der Waals surface area contributed by atoms with E-state index in [-0.39, 0.29) is 5.82 Å². The van der Waals surface area contributed by atoms with Crippen molar-refractivity contribution in [2.75, 3.05) is 11.8 Å². The predicted octanol–water partition coefficient (Wildman–Crippen LogP) is 3.55. The molecule has 0 bridgehead atoms. The van der Waals surface area contributed by atoms with Crippen molar-refractivity contribution in [2.45, 2.75) is 50.3 Å². The first-order valence-corrected chi connectivity index (χ1v) is 11.1. The van der Waals surface area contributed by atoms with E-state index in [1.165, 1.54) is 0 Å². The van der Waals surface area contributed by atoms with Crippen molar-refractivity contribution in [3.63, 3.8) is 0 Å². The molecule has 28 heavy (non-hydrogen) atoms. The van der Waals surface area contributed by atoms with Gasteiger partial charge in [0.05, 0.1) is 18.9 Å². The summed E-state index contributed by atoms with van der Waals surface area (Å²) in [5.74, 6) is 0.696. The molecule has 1 aliphatic carbocycles. The first-order chi connectivity index (χ1) is 13.6. The number of fused-ring (bicyclic) bond motifs is 1. The first-order valence-electron chi connectivity index (χ1n) is 9.52. The Morgan fingerprint density at radius 3 is 2.71 bits per heavy atom. The molecular formula is C19H24N4O4S. The van der Waals surface area contributed by atoms with Crippen molar-refractivity contribution in [2.24, 2.45) is 0 Å².